The van der Waals surface area contributed by atoms with E-state index in [1.54, 1.807) is 34.8 Å². The average molecular weight is 372 g/mol. The summed E-state index contributed by atoms with van der Waals surface area (Å²) in [4.78, 5) is 9.23. The van der Waals surface area contributed by atoms with E-state index in [1.165, 1.54) is 10.9 Å². The highest BCUT2D eigenvalue weighted by atomic mass is 32.1. The molecule has 4 rings (SSSR count). The fourth-order valence-electron chi connectivity index (χ4n) is 3.04. The molecule has 6 heteroatoms. The third-order valence-corrected chi connectivity index (χ3v) is 6.17. The summed E-state index contributed by atoms with van der Waals surface area (Å²) in [6, 6.07) is 9.28. The van der Waals surface area contributed by atoms with E-state index in [-0.39, 0.29) is 11.9 Å². The van der Waals surface area contributed by atoms with Crippen LogP contribution in [0.5, 0.6) is 0 Å². The summed E-state index contributed by atoms with van der Waals surface area (Å²) in [6.45, 7) is 2.73. The Labute approximate surface area is 153 Å². The molecule has 0 amide bonds. The highest BCUT2D eigenvalue weighted by molar-refractivity contribution is 7.10. The van der Waals surface area contributed by atoms with Gasteiger partial charge in [-0.15, -0.1) is 22.7 Å². The maximum Gasteiger partial charge on any atom is 0.123 e. The number of aromatic nitrogens is 2. The predicted octanol–water partition coefficient (Wildman–Crippen LogP) is 5.21. The van der Waals surface area contributed by atoms with Crippen LogP contribution in [0.2, 0.25) is 0 Å². The summed E-state index contributed by atoms with van der Waals surface area (Å²) < 4.78 is 13.5. The van der Waals surface area contributed by atoms with Crippen molar-refractivity contribution in [3.05, 3.63) is 74.2 Å². The van der Waals surface area contributed by atoms with E-state index < -0.39 is 0 Å². The van der Waals surface area contributed by atoms with E-state index >= 15 is 0 Å². The number of nitrogens with zero attached hydrogens (tertiary/aromatic N) is 1. The molecule has 1 aromatic carbocycles. The zero-order valence-electron chi connectivity index (χ0n) is 13.8. The summed E-state index contributed by atoms with van der Waals surface area (Å²) in [6.07, 6.45) is 2.76. The van der Waals surface area contributed by atoms with E-state index in [4.69, 9.17) is 0 Å². The van der Waals surface area contributed by atoms with Gasteiger partial charge in [0.15, 0.2) is 0 Å². The number of benzene rings is 1. The van der Waals surface area contributed by atoms with Crippen LogP contribution in [0.15, 0.2) is 47.3 Å². The molecule has 0 fully saturated rings. The Kier molecular flexibility index (Phi) is 4.65. The lowest BCUT2D eigenvalue weighted by Crippen LogP contribution is -2.23. The van der Waals surface area contributed by atoms with Gasteiger partial charge in [-0.3, -0.25) is 0 Å². The Balaban J connectivity index is 1.56. The molecule has 3 nitrogen and oxygen atoms in total. The lowest BCUT2D eigenvalue weighted by molar-refractivity contribution is 0.526. The molecule has 4 aromatic rings. The number of rotatable bonds is 6. The van der Waals surface area contributed by atoms with Gasteiger partial charge in [-0.2, -0.15) is 0 Å². The SMILES string of the molecule is Cc1c(CN[C@@H](Cc2cccs2)c2nccs2)[nH]c2ccc(F)cc12. The van der Waals surface area contributed by atoms with Gasteiger partial charge in [-0.1, -0.05) is 6.07 Å². The van der Waals surface area contributed by atoms with Crippen LogP contribution in [0.3, 0.4) is 0 Å². The third-order valence-electron chi connectivity index (χ3n) is 4.38. The Bertz CT molecular complexity index is 958. The molecule has 0 aliphatic rings. The summed E-state index contributed by atoms with van der Waals surface area (Å²) >= 11 is 3.44. The second-order valence-corrected chi connectivity index (χ2v) is 7.96. The molecule has 0 saturated carbocycles. The van der Waals surface area contributed by atoms with E-state index in [0.717, 1.165) is 33.6 Å². The normalized spacial score (nSPS) is 12.7. The Morgan fingerprint density at radius 1 is 1.24 bits per heavy atom. The van der Waals surface area contributed by atoms with Crippen molar-refractivity contribution in [2.75, 3.05) is 0 Å². The van der Waals surface area contributed by atoms with Crippen molar-refractivity contribution in [2.24, 2.45) is 0 Å². The standard InChI is InChI=1S/C19H18FN3S2/c1-12-15-9-13(20)4-5-16(15)23-18(12)11-22-17(19-21-6-8-25-19)10-14-3-2-7-24-14/h2-9,17,22-23H,10-11H2,1H3/t17-/m0/s1. The minimum atomic E-state index is -0.201. The van der Waals surface area contributed by atoms with Crippen molar-refractivity contribution >= 4 is 33.6 Å². The Hall–Kier alpha value is -2.02. The number of H-pyrrole nitrogens is 1. The Morgan fingerprint density at radius 2 is 2.16 bits per heavy atom. The van der Waals surface area contributed by atoms with E-state index in [9.17, 15) is 4.39 Å². The molecule has 0 aliphatic carbocycles. The first kappa shape index (κ1) is 16.4. The number of aromatic amines is 1. The predicted molar refractivity (Wildman–Crippen MR) is 103 cm³/mol. The number of halogens is 1. The maximum absolute atomic E-state index is 13.5. The quantitative estimate of drug-likeness (QED) is 0.489. The topological polar surface area (TPSA) is 40.7 Å². The molecule has 3 heterocycles. The lowest BCUT2D eigenvalue weighted by atomic mass is 10.1. The van der Waals surface area contributed by atoms with Gasteiger partial charge in [-0.05, 0) is 42.1 Å². The minimum Gasteiger partial charge on any atom is -0.357 e. The number of thiophene rings is 1. The monoisotopic (exact) mass is 371 g/mol. The van der Waals surface area contributed by atoms with Gasteiger partial charge in [0.1, 0.15) is 10.8 Å². The van der Waals surface area contributed by atoms with Gasteiger partial charge >= 0.3 is 0 Å². The van der Waals surface area contributed by atoms with Crippen LogP contribution >= 0.6 is 22.7 Å². The molecule has 1 atom stereocenters. The van der Waals surface area contributed by atoms with Crippen LogP contribution in [-0.2, 0) is 13.0 Å². The van der Waals surface area contributed by atoms with Gasteiger partial charge in [0.25, 0.3) is 0 Å². The van der Waals surface area contributed by atoms with Crippen molar-refractivity contribution in [1.29, 1.82) is 0 Å². The van der Waals surface area contributed by atoms with E-state index in [1.807, 2.05) is 18.5 Å². The largest absolute Gasteiger partial charge is 0.357 e. The fraction of sp³-hybridized carbons (Fsp3) is 0.211. The first-order valence-electron chi connectivity index (χ1n) is 8.12. The van der Waals surface area contributed by atoms with Crippen LogP contribution < -0.4 is 5.32 Å². The highest BCUT2D eigenvalue weighted by Crippen LogP contribution is 2.26. The number of hydrogen-bond acceptors (Lipinski definition) is 4. The van der Waals surface area contributed by atoms with Crippen LogP contribution in [0.4, 0.5) is 4.39 Å². The highest BCUT2D eigenvalue weighted by Gasteiger charge is 2.17. The van der Waals surface area contributed by atoms with Crippen molar-refractivity contribution in [2.45, 2.75) is 25.9 Å². The number of nitrogens with one attached hydrogen (secondary N) is 2. The van der Waals surface area contributed by atoms with Crippen molar-refractivity contribution in [3.8, 4) is 0 Å². The van der Waals surface area contributed by atoms with Gasteiger partial charge < -0.3 is 10.3 Å². The van der Waals surface area contributed by atoms with Crippen LogP contribution in [0.1, 0.15) is 27.2 Å². The van der Waals surface area contributed by atoms with Crippen LogP contribution in [-0.4, -0.2) is 9.97 Å². The smallest absolute Gasteiger partial charge is 0.123 e. The summed E-state index contributed by atoms with van der Waals surface area (Å²) in [5.41, 5.74) is 3.16. The number of aryl methyl sites for hydroxylation is 1. The first-order chi connectivity index (χ1) is 12.2. The molecule has 0 radical (unpaired) electrons. The van der Waals surface area contributed by atoms with Gasteiger partial charge in [0.05, 0.1) is 6.04 Å². The van der Waals surface area contributed by atoms with E-state index in [2.05, 4.69) is 32.8 Å². The molecule has 0 unspecified atom stereocenters. The van der Waals surface area contributed by atoms with Gasteiger partial charge in [0, 0.05) is 46.0 Å². The molecule has 0 saturated heterocycles. The van der Waals surface area contributed by atoms with E-state index in [0.29, 0.717) is 6.54 Å². The summed E-state index contributed by atoms with van der Waals surface area (Å²) in [7, 11) is 0. The minimum absolute atomic E-state index is 0.168. The number of thiazole rings is 1. The second kappa shape index (κ2) is 7.07. The molecule has 25 heavy (non-hydrogen) atoms. The molecular weight excluding hydrogens is 353 g/mol. The Morgan fingerprint density at radius 3 is 2.92 bits per heavy atom. The maximum atomic E-state index is 13.5. The summed E-state index contributed by atoms with van der Waals surface area (Å²) in [5.74, 6) is -0.201. The molecule has 0 bridgehead atoms. The van der Waals surface area contributed by atoms with Crippen molar-refractivity contribution < 1.29 is 4.39 Å². The average Bonchev–Trinajstić information content (AvgIpc) is 3.34. The van der Waals surface area contributed by atoms with Crippen molar-refractivity contribution in [1.82, 2.24) is 15.3 Å². The fourth-order valence-corrected chi connectivity index (χ4v) is 4.51. The first-order valence-corrected chi connectivity index (χ1v) is 9.88. The summed E-state index contributed by atoms with van der Waals surface area (Å²) in [5, 5.41) is 9.77. The molecule has 0 aliphatic heterocycles. The lowest BCUT2D eigenvalue weighted by Gasteiger charge is -2.16. The zero-order valence-corrected chi connectivity index (χ0v) is 15.4. The molecule has 128 valence electrons. The van der Waals surface area contributed by atoms with Gasteiger partial charge in [0.2, 0.25) is 0 Å². The second-order valence-electron chi connectivity index (χ2n) is 6.01. The zero-order chi connectivity index (χ0) is 17.2. The molecular formula is C19H18FN3S2. The van der Waals surface area contributed by atoms with Crippen LogP contribution in [0, 0.1) is 12.7 Å². The molecule has 0 spiro atoms. The third kappa shape index (κ3) is 3.51. The number of fused-ring (bicyclic) bond motifs is 1. The van der Waals surface area contributed by atoms with Crippen LogP contribution in [0.25, 0.3) is 10.9 Å². The number of hydrogen-bond donors (Lipinski definition) is 2. The van der Waals surface area contributed by atoms with Crippen molar-refractivity contribution in [3.63, 3.8) is 0 Å². The molecule has 2 N–H and O–H groups in total. The van der Waals surface area contributed by atoms with Gasteiger partial charge in [-0.25, -0.2) is 9.37 Å². The molecule has 3 aromatic heterocycles.